The second-order valence-corrected chi connectivity index (χ2v) is 3.83. The minimum Gasteiger partial charge on any atom is -0.0537 e. The Kier molecular flexibility index (Phi) is 4.18. The van der Waals surface area contributed by atoms with Crippen molar-refractivity contribution in [2.24, 2.45) is 0 Å². The van der Waals surface area contributed by atoms with Gasteiger partial charge in [0.15, 0.2) is 0 Å². The molecule has 0 fully saturated rings. The standard InChI is InChI=1S/C16H14/c1-3-9-15(10-4-1)13-7-8-14-16-11-5-2-6-12-16/h1-3,5,10,12H,7-8,13-14H2. The number of benzene rings is 2. The molecule has 0 bridgehead atoms. The molecule has 2 aromatic rings. The first-order valence-electron chi connectivity index (χ1n) is 5.68. The van der Waals surface area contributed by atoms with Crippen molar-refractivity contribution in [2.45, 2.75) is 25.7 Å². The van der Waals surface area contributed by atoms with E-state index in [0.717, 1.165) is 12.8 Å². The fourth-order valence-corrected chi connectivity index (χ4v) is 1.69. The lowest BCUT2D eigenvalue weighted by molar-refractivity contribution is 0.733. The van der Waals surface area contributed by atoms with Crippen molar-refractivity contribution in [3.63, 3.8) is 0 Å². The van der Waals surface area contributed by atoms with Crippen molar-refractivity contribution < 1.29 is 0 Å². The van der Waals surface area contributed by atoms with Crippen LogP contribution in [0, 0.1) is 24.3 Å². The molecule has 4 radical (unpaired) electrons. The van der Waals surface area contributed by atoms with Gasteiger partial charge in [-0.3, -0.25) is 0 Å². The Labute approximate surface area is 97.9 Å². The quantitative estimate of drug-likeness (QED) is 0.657. The molecule has 0 unspecified atom stereocenters. The summed E-state index contributed by atoms with van der Waals surface area (Å²) in [4.78, 5) is 0. The van der Waals surface area contributed by atoms with E-state index in [0.29, 0.717) is 0 Å². The molecule has 78 valence electrons. The minimum absolute atomic E-state index is 1.09. The minimum atomic E-state index is 1.09. The van der Waals surface area contributed by atoms with Gasteiger partial charge in [-0.1, -0.05) is 36.4 Å². The second kappa shape index (κ2) is 6.12. The summed E-state index contributed by atoms with van der Waals surface area (Å²) in [7, 11) is 0. The van der Waals surface area contributed by atoms with Crippen molar-refractivity contribution in [2.75, 3.05) is 0 Å². The summed E-state index contributed by atoms with van der Waals surface area (Å²) in [5.74, 6) is 0. The Morgan fingerprint density at radius 2 is 1.19 bits per heavy atom. The summed E-state index contributed by atoms with van der Waals surface area (Å²) in [6.07, 6.45) is 4.57. The third kappa shape index (κ3) is 3.54. The monoisotopic (exact) mass is 206 g/mol. The Morgan fingerprint density at radius 1 is 0.688 bits per heavy atom. The number of aryl methyl sites for hydroxylation is 2. The summed E-state index contributed by atoms with van der Waals surface area (Å²) in [6.45, 7) is 0. The van der Waals surface area contributed by atoms with E-state index in [9.17, 15) is 0 Å². The summed E-state index contributed by atoms with van der Waals surface area (Å²) in [6, 6.07) is 24.3. The Bertz CT molecular complexity index is 347. The SMILES string of the molecule is [c]1cc[c]c(CCCCc2[c]cc[c]c2)c1. The Hall–Kier alpha value is -1.56. The van der Waals surface area contributed by atoms with E-state index in [4.69, 9.17) is 0 Å². The van der Waals surface area contributed by atoms with E-state index in [-0.39, 0.29) is 0 Å². The molecule has 0 saturated carbocycles. The van der Waals surface area contributed by atoms with Crippen molar-refractivity contribution in [1.29, 1.82) is 0 Å². The van der Waals surface area contributed by atoms with Gasteiger partial charge in [-0.15, -0.1) is 0 Å². The smallest absolute Gasteiger partial charge is 0.0149 e. The van der Waals surface area contributed by atoms with Crippen molar-refractivity contribution in [1.82, 2.24) is 0 Å². The summed E-state index contributed by atoms with van der Waals surface area (Å²) in [5, 5.41) is 0. The zero-order valence-corrected chi connectivity index (χ0v) is 9.29. The molecule has 16 heavy (non-hydrogen) atoms. The van der Waals surface area contributed by atoms with Crippen LogP contribution in [0.2, 0.25) is 0 Å². The zero-order chi connectivity index (χ0) is 11.1. The van der Waals surface area contributed by atoms with Gasteiger partial charge in [0, 0.05) is 0 Å². The highest BCUT2D eigenvalue weighted by atomic mass is 14.0. The zero-order valence-electron chi connectivity index (χ0n) is 9.29. The first-order chi connectivity index (χ1) is 7.95. The fourth-order valence-electron chi connectivity index (χ4n) is 1.69. The van der Waals surface area contributed by atoms with Gasteiger partial charge >= 0.3 is 0 Å². The predicted octanol–water partition coefficient (Wildman–Crippen LogP) is 3.45. The lowest BCUT2D eigenvalue weighted by Gasteiger charge is -2.01. The van der Waals surface area contributed by atoms with E-state index >= 15 is 0 Å². The normalized spacial score (nSPS) is 10.2. The predicted molar refractivity (Wildman–Crippen MR) is 64.9 cm³/mol. The third-order valence-corrected chi connectivity index (χ3v) is 2.55. The van der Waals surface area contributed by atoms with Crippen LogP contribution < -0.4 is 0 Å². The van der Waals surface area contributed by atoms with Gasteiger partial charge in [0.25, 0.3) is 0 Å². The molecular weight excluding hydrogens is 192 g/mol. The molecule has 0 aliphatic rings. The van der Waals surface area contributed by atoms with E-state index < -0.39 is 0 Å². The first kappa shape index (κ1) is 10.9. The average molecular weight is 206 g/mol. The molecule has 0 amide bonds. The second-order valence-electron chi connectivity index (χ2n) is 3.83. The topological polar surface area (TPSA) is 0 Å². The molecule has 2 aromatic carbocycles. The molecule has 0 atom stereocenters. The van der Waals surface area contributed by atoms with Gasteiger partial charge in [-0.2, -0.15) is 0 Å². The molecular formula is C16H14. The van der Waals surface area contributed by atoms with Crippen LogP contribution in [0.3, 0.4) is 0 Å². The molecule has 0 saturated heterocycles. The fraction of sp³-hybridized carbons (Fsp3) is 0.250. The maximum Gasteiger partial charge on any atom is -0.0149 e. The highest BCUT2D eigenvalue weighted by Crippen LogP contribution is 2.07. The van der Waals surface area contributed by atoms with Gasteiger partial charge < -0.3 is 0 Å². The molecule has 0 aromatic heterocycles. The number of rotatable bonds is 5. The molecule has 0 nitrogen and oxygen atoms in total. The van der Waals surface area contributed by atoms with Crippen LogP contribution in [0.4, 0.5) is 0 Å². The lowest BCUT2D eigenvalue weighted by Crippen LogP contribution is -1.89. The highest BCUT2D eigenvalue weighted by molar-refractivity contribution is 5.13. The number of unbranched alkanes of at least 4 members (excludes halogenated alkanes) is 1. The Morgan fingerprint density at radius 3 is 1.56 bits per heavy atom. The van der Waals surface area contributed by atoms with Crippen molar-refractivity contribution >= 4 is 0 Å². The molecule has 0 spiro atoms. The molecule has 0 heterocycles. The number of hydrogen-bond donors (Lipinski definition) is 0. The van der Waals surface area contributed by atoms with Crippen LogP contribution in [0.15, 0.2) is 36.4 Å². The number of hydrogen-bond acceptors (Lipinski definition) is 0. The van der Waals surface area contributed by atoms with Crippen LogP contribution in [0.5, 0.6) is 0 Å². The van der Waals surface area contributed by atoms with Gasteiger partial charge in [-0.05, 0) is 61.1 Å². The lowest BCUT2D eigenvalue weighted by atomic mass is 10.0. The third-order valence-electron chi connectivity index (χ3n) is 2.55. The van der Waals surface area contributed by atoms with Gasteiger partial charge in [0.05, 0.1) is 0 Å². The molecule has 0 heteroatoms. The maximum absolute atomic E-state index is 3.22. The van der Waals surface area contributed by atoms with Crippen LogP contribution in [-0.2, 0) is 12.8 Å². The first-order valence-corrected chi connectivity index (χ1v) is 5.68. The maximum atomic E-state index is 3.22. The van der Waals surface area contributed by atoms with E-state index in [2.05, 4.69) is 24.3 Å². The van der Waals surface area contributed by atoms with Gasteiger partial charge in [0.2, 0.25) is 0 Å². The molecule has 0 aliphatic carbocycles. The van der Waals surface area contributed by atoms with Crippen molar-refractivity contribution in [3.8, 4) is 0 Å². The van der Waals surface area contributed by atoms with Gasteiger partial charge in [-0.25, -0.2) is 0 Å². The van der Waals surface area contributed by atoms with Crippen LogP contribution in [0.25, 0.3) is 0 Å². The highest BCUT2D eigenvalue weighted by Gasteiger charge is 1.94. The van der Waals surface area contributed by atoms with Crippen LogP contribution in [0.1, 0.15) is 24.0 Å². The summed E-state index contributed by atoms with van der Waals surface area (Å²) in [5.41, 5.74) is 2.51. The Balaban J connectivity index is 1.70. The van der Waals surface area contributed by atoms with Crippen LogP contribution in [-0.4, -0.2) is 0 Å². The average Bonchev–Trinajstić information content (AvgIpc) is 2.37. The van der Waals surface area contributed by atoms with Crippen molar-refractivity contribution in [3.05, 3.63) is 71.8 Å². The largest absolute Gasteiger partial charge is 0.0537 e. The van der Waals surface area contributed by atoms with E-state index in [1.54, 1.807) is 0 Å². The summed E-state index contributed by atoms with van der Waals surface area (Å²) >= 11 is 0. The summed E-state index contributed by atoms with van der Waals surface area (Å²) < 4.78 is 0. The van der Waals surface area contributed by atoms with E-state index in [1.807, 2.05) is 36.4 Å². The molecule has 0 N–H and O–H groups in total. The molecule has 2 rings (SSSR count). The van der Waals surface area contributed by atoms with Crippen LogP contribution >= 0.6 is 0 Å². The molecule has 0 aliphatic heterocycles. The van der Waals surface area contributed by atoms with Gasteiger partial charge in [0.1, 0.15) is 0 Å². The van der Waals surface area contributed by atoms with E-state index in [1.165, 1.54) is 24.0 Å².